The van der Waals surface area contributed by atoms with E-state index >= 15 is 0 Å². The molecule has 0 aliphatic rings. The summed E-state index contributed by atoms with van der Waals surface area (Å²) in [6.45, 7) is 2.10. The average molecular weight is 460 g/mol. The molecule has 0 unspecified atom stereocenters. The molecule has 3 N–H and O–H groups in total. The average Bonchev–Trinajstić information content (AvgIpc) is 2.67. The van der Waals surface area contributed by atoms with E-state index in [1.54, 1.807) is 0 Å². The summed E-state index contributed by atoms with van der Waals surface area (Å²) in [5, 5.41) is 3.01. The fourth-order valence-electron chi connectivity index (χ4n) is 2.26. The minimum Gasteiger partial charge on any atom is -0.326 e. The Labute approximate surface area is 175 Å². The van der Waals surface area contributed by atoms with E-state index in [9.17, 15) is 21.6 Å². The van der Waals surface area contributed by atoms with E-state index in [1.807, 2.05) is 6.92 Å². The first kappa shape index (κ1) is 23.3. The quantitative estimate of drug-likeness (QED) is 0.503. The van der Waals surface area contributed by atoms with Crippen LogP contribution < -0.4 is 14.8 Å². The topological polar surface area (TPSA) is 121 Å². The van der Waals surface area contributed by atoms with E-state index in [4.69, 9.17) is 11.6 Å². The summed E-state index contributed by atoms with van der Waals surface area (Å²) < 4.78 is 53.1. The normalized spacial score (nSPS) is 11.9. The number of hydrogen-bond donors (Lipinski definition) is 3. The number of hydrogen-bond acceptors (Lipinski definition) is 5. The standard InChI is InChI=1S/C18H22ClN3O5S2/c1-2-12-20-28(24,25)17-9-5-15(6-10-17)22-18(23)11-13-21-29(26,27)16-7-3-14(19)4-8-16/h3-10,20-21H,2,11-13H2,1H3,(H,22,23). The molecule has 0 radical (unpaired) electrons. The molecule has 0 fully saturated rings. The van der Waals surface area contributed by atoms with Crippen LogP contribution in [-0.4, -0.2) is 35.8 Å². The molecule has 0 saturated carbocycles. The largest absolute Gasteiger partial charge is 0.326 e. The zero-order valence-electron chi connectivity index (χ0n) is 15.7. The number of benzene rings is 2. The van der Waals surface area contributed by atoms with Crippen LogP contribution >= 0.6 is 11.6 Å². The predicted octanol–water partition coefficient (Wildman–Crippen LogP) is 2.34. The monoisotopic (exact) mass is 459 g/mol. The van der Waals surface area contributed by atoms with Crippen molar-refractivity contribution in [3.05, 3.63) is 53.6 Å². The first-order valence-electron chi connectivity index (χ1n) is 8.79. The van der Waals surface area contributed by atoms with Crippen LogP contribution in [0.15, 0.2) is 58.3 Å². The Hall–Kier alpha value is -1.98. The molecule has 8 nitrogen and oxygen atoms in total. The van der Waals surface area contributed by atoms with Crippen LogP contribution in [0.4, 0.5) is 5.69 Å². The van der Waals surface area contributed by atoms with E-state index in [2.05, 4.69) is 14.8 Å². The number of sulfonamides is 2. The molecule has 0 bridgehead atoms. The first-order chi connectivity index (χ1) is 13.6. The van der Waals surface area contributed by atoms with Gasteiger partial charge in [0.05, 0.1) is 9.79 Å². The summed E-state index contributed by atoms with van der Waals surface area (Å²) in [5.41, 5.74) is 0.407. The third kappa shape index (κ3) is 7.09. The Morgan fingerprint density at radius 1 is 0.828 bits per heavy atom. The molecule has 2 rings (SSSR count). The second kappa shape index (κ2) is 10.2. The van der Waals surface area contributed by atoms with Crippen molar-refractivity contribution >= 4 is 43.2 Å². The van der Waals surface area contributed by atoms with E-state index in [-0.39, 0.29) is 22.8 Å². The second-order valence-corrected chi connectivity index (χ2v) is 10.0. The third-order valence-electron chi connectivity index (χ3n) is 3.76. The SMILES string of the molecule is CCCNS(=O)(=O)c1ccc(NC(=O)CCNS(=O)(=O)c2ccc(Cl)cc2)cc1. The fraction of sp³-hybridized carbons (Fsp3) is 0.278. The third-order valence-corrected chi connectivity index (χ3v) is 6.96. The number of nitrogens with one attached hydrogen (secondary N) is 3. The van der Waals surface area contributed by atoms with E-state index in [1.165, 1.54) is 48.5 Å². The van der Waals surface area contributed by atoms with Crippen molar-refractivity contribution in [2.24, 2.45) is 0 Å². The lowest BCUT2D eigenvalue weighted by atomic mass is 10.3. The molecular weight excluding hydrogens is 438 g/mol. The fourth-order valence-corrected chi connectivity index (χ4v) is 4.55. The molecule has 0 saturated heterocycles. The molecule has 0 aromatic heterocycles. The van der Waals surface area contributed by atoms with Crippen molar-refractivity contribution in [1.29, 1.82) is 0 Å². The minimum absolute atomic E-state index is 0.0517. The van der Waals surface area contributed by atoms with Gasteiger partial charge in [0.2, 0.25) is 26.0 Å². The molecule has 11 heteroatoms. The lowest BCUT2D eigenvalue weighted by Gasteiger charge is -2.09. The number of amides is 1. The summed E-state index contributed by atoms with van der Waals surface area (Å²) in [7, 11) is -7.31. The number of rotatable bonds is 10. The summed E-state index contributed by atoms with van der Waals surface area (Å²) in [4.78, 5) is 12.2. The van der Waals surface area contributed by atoms with Crippen molar-refractivity contribution in [3.8, 4) is 0 Å². The van der Waals surface area contributed by atoms with Gasteiger partial charge in [-0.15, -0.1) is 0 Å². The van der Waals surface area contributed by atoms with Gasteiger partial charge in [0.25, 0.3) is 0 Å². The zero-order valence-corrected chi connectivity index (χ0v) is 18.1. The van der Waals surface area contributed by atoms with E-state index in [0.29, 0.717) is 23.7 Å². The maximum atomic E-state index is 12.1. The summed E-state index contributed by atoms with van der Waals surface area (Å²) in [5.74, 6) is -0.413. The Kier molecular flexibility index (Phi) is 8.17. The first-order valence-corrected chi connectivity index (χ1v) is 12.1. The Morgan fingerprint density at radius 3 is 1.83 bits per heavy atom. The summed E-state index contributed by atoms with van der Waals surface area (Å²) in [6, 6.07) is 11.4. The zero-order chi connectivity index (χ0) is 21.5. The number of halogens is 1. The van der Waals surface area contributed by atoms with Crippen molar-refractivity contribution in [3.63, 3.8) is 0 Å². The molecule has 0 aliphatic heterocycles. The Bertz CT molecular complexity index is 1040. The lowest BCUT2D eigenvalue weighted by Crippen LogP contribution is -2.27. The van der Waals surface area contributed by atoms with Crippen LogP contribution in [0.2, 0.25) is 5.02 Å². The van der Waals surface area contributed by atoms with Gasteiger partial charge in [-0.05, 0) is 55.0 Å². The highest BCUT2D eigenvalue weighted by molar-refractivity contribution is 7.89. The smallest absolute Gasteiger partial charge is 0.240 e. The van der Waals surface area contributed by atoms with Gasteiger partial charge in [-0.25, -0.2) is 26.3 Å². The molecule has 0 atom stereocenters. The summed E-state index contributed by atoms with van der Waals surface area (Å²) >= 11 is 5.74. The van der Waals surface area contributed by atoms with Gasteiger partial charge in [0, 0.05) is 30.2 Å². The van der Waals surface area contributed by atoms with Crippen LogP contribution in [0.5, 0.6) is 0 Å². The van der Waals surface area contributed by atoms with Gasteiger partial charge in [0.15, 0.2) is 0 Å². The number of carbonyl (C=O) groups is 1. The lowest BCUT2D eigenvalue weighted by molar-refractivity contribution is -0.116. The van der Waals surface area contributed by atoms with Crippen LogP contribution in [0, 0.1) is 0 Å². The second-order valence-electron chi connectivity index (χ2n) is 6.07. The highest BCUT2D eigenvalue weighted by Gasteiger charge is 2.15. The number of carbonyl (C=O) groups excluding carboxylic acids is 1. The summed E-state index contributed by atoms with van der Waals surface area (Å²) in [6.07, 6.45) is 0.583. The minimum atomic E-state index is -3.74. The molecule has 158 valence electrons. The maximum absolute atomic E-state index is 12.1. The molecule has 0 heterocycles. The van der Waals surface area contributed by atoms with Gasteiger partial charge >= 0.3 is 0 Å². The molecule has 2 aromatic rings. The Balaban J connectivity index is 1.87. The number of anilines is 1. The highest BCUT2D eigenvalue weighted by Crippen LogP contribution is 2.15. The molecular formula is C18H22ClN3O5S2. The van der Waals surface area contributed by atoms with Crippen LogP contribution in [0.3, 0.4) is 0 Å². The predicted molar refractivity (Wildman–Crippen MR) is 112 cm³/mol. The van der Waals surface area contributed by atoms with Crippen LogP contribution in [0.1, 0.15) is 19.8 Å². The van der Waals surface area contributed by atoms with Gasteiger partial charge < -0.3 is 5.32 Å². The van der Waals surface area contributed by atoms with Crippen molar-refractivity contribution in [1.82, 2.24) is 9.44 Å². The van der Waals surface area contributed by atoms with Crippen LogP contribution in [-0.2, 0) is 24.8 Å². The van der Waals surface area contributed by atoms with Gasteiger partial charge in [0.1, 0.15) is 0 Å². The van der Waals surface area contributed by atoms with E-state index in [0.717, 1.165) is 0 Å². The van der Waals surface area contributed by atoms with Gasteiger partial charge in [-0.3, -0.25) is 4.79 Å². The van der Waals surface area contributed by atoms with Gasteiger partial charge in [-0.2, -0.15) is 0 Å². The molecule has 2 aromatic carbocycles. The molecule has 1 amide bonds. The molecule has 0 aliphatic carbocycles. The maximum Gasteiger partial charge on any atom is 0.240 e. The van der Waals surface area contributed by atoms with Crippen molar-refractivity contribution in [2.75, 3.05) is 18.4 Å². The molecule has 0 spiro atoms. The molecule has 29 heavy (non-hydrogen) atoms. The van der Waals surface area contributed by atoms with Gasteiger partial charge in [-0.1, -0.05) is 18.5 Å². The van der Waals surface area contributed by atoms with Crippen LogP contribution in [0.25, 0.3) is 0 Å². The highest BCUT2D eigenvalue weighted by atomic mass is 35.5. The van der Waals surface area contributed by atoms with E-state index < -0.39 is 26.0 Å². The Morgan fingerprint density at radius 2 is 1.31 bits per heavy atom. The van der Waals surface area contributed by atoms with Crippen molar-refractivity contribution < 1.29 is 21.6 Å². The van der Waals surface area contributed by atoms with Crippen molar-refractivity contribution in [2.45, 2.75) is 29.6 Å².